The van der Waals surface area contributed by atoms with Gasteiger partial charge in [0.1, 0.15) is 19.3 Å². The van der Waals surface area contributed by atoms with Crippen LogP contribution in [0.3, 0.4) is 0 Å². The van der Waals surface area contributed by atoms with Crippen LogP contribution in [0.25, 0.3) is 0 Å². The third kappa shape index (κ3) is 5.08. The van der Waals surface area contributed by atoms with Crippen LogP contribution >= 0.6 is 0 Å². The van der Waals surface area contributed by atoms with Gasteiger partial charge in [-0.1, -0.05) is 0 Å². The van der Waals surface area contributed by atoms with Crippen molar-refractivity contribution in [1.82, 2.24) is 0 Å². The molecule has 0 aliphatic rings. The highest BCUT2D eigenvalue weighted by Crippen LogP contribution is 2.10. The molecule has 0 aromatic rings. The lowest BCUT2D eigenvalue weighted by Gasteiger charge is -2.25. The molecule has 0 aliphatic carbocycles. The van der Waals surface area contributed by atoms with Crippen LogP contribution in [-0.4, -0.2) is 72.4 Å². The molecule has 0 unspecified atom stereocenters. The molecule has 0 bridgehead atoms. The van der Waals surface area contributed by atoms with Crippen molar-refractivity contribution < 1.29 is 43.9 Å². The minimum Gasteiger partial charge on any atom is -0.464 e. The summed E-state index contributed by atoms with van der Waals surface area (Å²) in [6.07, 6.45) is -1.24. The van der Waals surface area contributed by atoms with Crippen molar-refractivity contribution in [3.8, 4) is 0 Å². The molecule has 9 heteroatoms. The molecule has 0 aromatic heterocycles. The first-order chi connectivity index (χ1) is 8.53. The molecular formula is C9H14O9. The fraction of sp³-hybridized carbons (Fsp3) is 0.667. The second kappa shape index (κ2) is 8.39. The highest BCUT2D eigenvalue weighted by Gasteiger charge is 2.41. The summed E-state index contributed by atoms with van der Waals surface area (Å²) in [7, 11) is 0. The van der Waals surface area contributed by atoms with Crippen molar-refractivity contribution in [2.45, 2.75) is 11.7 Å². The molecule has 9 nitrogen and oxygen atoms in total. The molecule has 0 rings (SSSR count). The first kappa shape index (κ1) is 16.3. The number of rotatable bonds is 10. The summed E-state index contributed by atoms with van der Waals surface area (Å²) >= 11 is 0. The SMILES string of the molecule is O=COCC(O)(COC=O)C(=O)OC(CO)CO. The summed E-state index contributed by atoms with van der Waals surface area (Å²) in [5, 5.41) is 27.2. The maximum atomic E-state index is 11.5. The van der Waals surface area contributed by atoms with Crippen molar-refractivity contribution in [3.63, 3.8) is 0 Å². The molecular weight excluding hydrogens is 252 g/mol. The summed E-state index contributed by atoms with van der Waals surface area (Å²) in [5.74, 6) is -1.31. The Hall–Kier alpha value is -1.71. The average Bonchev–Trinajstić information content (AvgIpc) is 2.39. The van der Waals surface area contributed by atoms with Crippen molar-refractivity contribution in [2.75, 3.05) is 26.4 Å². The maximum Gasteiger partial charge on any atom is 0.345 e. The molecule has 0 aliphatic heterocycles. The summed E-state index contributed by atoms with van der Waals surface area (Å²) in [6, 6.07) is 0. The van der Waals surface area contributed by atoms with Gasteiger partial charge in [-0.3, -0.25) is 9.59 Å². The molecule has 0 spiro atoms. The molecule has 0 fully saturated rings. The Bertz CT molecular complexity index is 261. The minimum atomic E-state index is -2.40. The van der Waals surface area contributed by atoms with E-state index in [1.165, 1.54) is 0 Å². The van der Waals surface area contributed by atoms with E-state index < -0.39 is 44.1 Å². The van der Waals surface area contributed by atoms with Crippen molar-refractivity contribution in [1.29, 1.82) is 0 Å². The Kier molecular flexibility index (Phi) is 7.59. The Morgan fingerprint density at radius 1 is 1.11 bits per heavy atom. The van der Waals surface area contributed by atoms with Gasteiger partial charge < -0.3 is 29.5 Å². The molecule has 0 radical (unpaired) electrons. The Labute approximate surface area is 102 Å². The number of aliphatic hydroxyl groups is 3. The zero-order valence-electron chi connectivity index (χ0n) is 9.35. The number of aliphatic hydroxyl groups excluding tert-OH is 2. The Morgan fingerprint density at radius 2 is 1.56 bits per heavy atom. The number of hydrogen-bond donors (Lipinski definition) is 3. The van der Waals surface area contributed by atoms with Gasteiger partial charge in [0.15, 0.2) is 0 Å². The Balaban J connectivity index is 4.65. The van der Waals surface area contributed by atoms with E-state index in [1.807, 2.05) is 0 Å². The molecule has 0 aromatic carbocycles. The third-order valence-corrected chi connectivity index (χ3v) is 1.84. The summed E-state index contributed by atoms with van der Waals surface area (Å²) in [6.45, 7) is -2.97. The quantitative estimate of drug-likeness (QED) is 0.214. The lowest BCUT2D eigenvalue weighted by molar-refractivity contribution is -0.188. The number of ether oxygens (including phenoxy) is 3. The largest absolute Gasteiger partial charge is 0.464 e. The summed E-state index contributed by atoms with van der Waals surface area (Å²) < 4.78 is 13.0. The van der Waals surface area contributed by atoms with E-state index in [-0.39, 0.29) is 12.9 Å². The molecule has 0 atom stereocenters. The minimum absolute atomic E-state index is 0.0191. The van der Waals surface area contributed by atoms with Crippen LogP contribution in [0.1, 0.15) is 0 Å². The van der Waals surface area contributed by atoms with Gasteiger partial charge >= 0.3 is 5.97 Å². The van der Waals surface area contributed by atoms with Gasteiger partial charge in [0.2, 0.25) is 5.60 Å². The van der Waals surface area contributed by atoms with E-state index in [0.717, 1.165) is 0 Å². The second-order valence-corrected chi connectivity index (χ2v) is 3.24. The number of esters is 1. The van der Waals surface area contributed by atoms with Gasteiger partial charge in [-0.2, -0.15) is 0 Å². The van der Waals surface area contributed by atoms with Gasteiger partial charge in [-0.15, -0.1) is 0 Å². The highest BCUT2D eigenvalue weighted by molar-refractivity contribution is 5.80. The molecule has 0 saturated carbocycles. The van der Waals surface area contributed by atoms with E-state index >= 15 is 0 Å². The predicted molar refractivity (Wildman–Crippen MR) is 53.0 cm³/mol. The third-order valence-electron chi connectivity index (χ3n) is 1.84. The van der Waals surface area contributed by atoms with E-state index in [2.05, 4.69) is 14.2 Å². The van der Waals surface area contributed by atoms with Gasteiger partial charge in [0, 0.05) is 0 Å². The van der Waals surface area contributed by atoms with Crippen molar-refractivity contribution in [2.24, 2.45) is 0 Å². The van der Waals surface area contributed by atoms with E-state index in [1.54, 1.807) is 0 Å². The lowest BCUT2D eigenvalue weighted by Crippen LogP contribution is -2.50. The molecule has 104 valence electrons. The second-order valence-electron chi connectivity index (χ2n) is 3.24. The fourth-order valence-corrected chi connectivity index (χ4v) is 0.897. The normalized spacial score (nSPS) is 10.9. The molecule has 0 heterocycles. The molecule has 3 N–H and O–H groups in total. The monoisotopic (exact) mass is 266 g/mol. The number of carbonyl (C=O) groups excluding carboxylic acids is 3. The van der Waals surface area contributed by atoms with Crippen LogP contribution in [0.5, 0.6) is 0 Å². The highest BCUT2D eigenvalue weighted by atomic mass is 16.6. The summed E-state index contributed by atoms with van der Waals surface area (Å²) in [4.78, 5) is 31.5. The van der Waals surface area contributed by atoms with Crippen molar-refractivity contribution >= 4 is 18.9 Å². The van der Waals surface area contributed by atoms with Crippen molar-refractivity contribution in [3.05, 3.63) is 0 Å². The molecule has 18 heavy (non-hydrogen) atoms. The lowest BCUT2D eigenvalue weighted by atomic mass is 10.1. The average molecular weight is 266 g/mol. The molecule has 0 saturated heterocycles. The fourth-order valence-electron chi connectivity index (χ4n) is 0.897. The van der Waals surface area contributed by atoms with Gasteiger partial charge in [0.25, 0.3) is 12.9 Å². The van der Waals surface area contributed by atoms with E-state index in [9.17, 15) is 19.5 Å². The number of hydrogen-bond acceptors (Lipinski definition) is 9. The first-order valence-electron chi connectivity index (χ1n) is 4.79. The number of carbonyl (C=O) groups is 3. The Morgan fingerprint density at radius 3 is 1.89 bits per heavy atom. The molecule has 0 amide bonds. The van der Waals surface area contributed by atoms with Crippen LogP contribution in [0.4, 0.5) is 0 Å². The van der Waals surface area contributed by atoms with Crippen LogP contribution < -0.4 is 0 Å². The topological polar surface area (TPSA) is 140 Å². The van der Waals surface area contributed by atoms with E-state index in [4.69, 9.17) is 10.2 Å². The summed E-state index contributed by atoms with van der Waals surface area (Å²) in [5.41, 5.74) is -2.40. The first-order valence-corrected chi connectivity index (χ1v) is 4.79. The van der Waals surface area contributed by atoms with Crippen LogP contribution in [0.15, 0.2) is 0 Å². The van der Waals surface area contributed by atoms with Crippen LogP contribution in [0, 0.1) is 0 Å². The zero-order valence-corrected chi connectivity index (χ0v) is 9.35. The smallest absolute Gasteiger partial charge is 0.345 e. The van der Waals surface area contributed by atoms with Crippen LogP contribution in [0.2, 0.25) is 0 Å². The predicted octanol–water partition coefficient (Wildman–Crippen LogP) is -3.04. The van der Waals surface area contributed by atoms with Gasteiger partial charge in [-0.25, -0.2) is 4.79 Å². The van der Waals surface area contributed by atoms with Gasteiger partial charge in [-0.05, 0) is 0 Å². The van der Waals surface area contributed by atoms with E-state index in [0.29, 0.717) is 0 Å². The zero-order chi connectivity index (χ0) is 14.0. The van der Waals surface area contributed by atoms with Gasteiger partial charge in [0.05, 0.1) is 13.2 Å². The maximum absolute atomic E-state index is 11.5. The van der Waals surface area contributed by atoms with Crippen LogP contribution in [-0.2, 0) is 28.6 Å². The standard InChI is InChI=1S/C9H14O9/c10-1-7(2-11)18-8(14)9(15,3-16-5-12)4-17-6-13/h5-7,10-11,15H,1-4H2.